The van der Waals surface area contributed by atoms with E-state index >= 15 is 0 Å². The molecule has 3 nitrogen and oxygen atoms in total. The first-order valence-electron chi connectivity index (χ1n) is 5.13. The first-order valence-corrected chi connectivity index (χ1v) is 5.95. The fourth-order valence-corrected chi connectivity index (χ4v) is 2.75. The number of fused-ring (bicyclic) bond motifs is 1. The zero-order valence-corrected chi connectivity index (χ0v) is 9.67. The molecule has 0 saturated heterocycles. The zero-order chi connectivity index (χ0) is 11.1. The van der Waals surface area contributed by atoms with Gasteiger partial charge in [0.25, 0.3) is 6.54 Å². The third-order valence-corrected chi connectivity index (χ3v) is 3.74. The van der Waals surface area contributed by atoms with E-state index in [2.05, 4.69) is 30.5 Å². The molecule has 0 spiro atoms. The van der Waals surface area contributed by atoms with Gasteiger partial charge in [-0.1, -0.05) is 6.07 Å². The Hall–Kier alpha value is -1.68. The van der Waals surface area contributed by atoms with E-state index in [-0.39, 0.29) is 0 Å². The van der Waals surface area contributed by atoms with Crippen molar-refractivity contribution in [2.75, 3.05) is 5.43 Å². The predicted molar refractivity (Wildman–Crippen MR) is 65.4 cm³/mol. The summed E-state index contributed by atoms with van der Waals surface area (Å²) in [6.45, 7) is 2.53. The van der Waals surface area contributed by atoms with Gasteiger partial charge in [-0.3, -0.25) is 0 Å². The Kier molecular flexibility index (Phi) is 2.04. The molecule has 1 N–H and O–H groups in total. The molecule has 2 heterocycles. The van der Waals surface area contributed by atoms with Crippen molar-refractivity contribution in [3.8, 4) is 10.4 Å². The molecule has 0 unspecified atom stereocenters. The van der Waals surface area contributed by atoms with Crippen LogP contribution >= 0.6 is 11.3 Å². The van der Waals surface area contributed by atoms with Gasteiger partial charge in [0.05, 0.1) is 10.5 Å². The van der Waals surface area contributed by atoms with Crippen LogP contribution in [0.3, 0.4) is 0 Å². The van der Waals surface area contributed by atoms with Gasteiger partial charge in [0, 0.05) is 9.75 Å². The highest BCUT2D eigenvalue weighted by Gasteiger charge is 2.24. The van der Waals surface area contributed by atoms with Crippen molar-refractivity contribution in [3.63, 3.8) is 0 Å². The summed E-state index contributed by atoms with van der Waals surface area (Å²) in [6, 6.07) is 10.4. The molecule has 1 aliphatic heterocycles. The van der Waals surface area contributed by atoms with E-state index < -0.39 is 0 Å². The van der Waals surface area contributed by atoms with Gasteiger partial charge in [0.2, 0.25) is 0 Å². The van der Waals surface area contributed by atoms with Crippen molar-refractivity contribution in [2.45, 2.75) is 13.5 Å². The summed E-state index contributed by atoms with van der Waals surface area (Å²) in [4.78, 5) is 14.6. The number of hydrogen-bond acceptors (Lipinski definition) is 2. The predicted octanol–water partition coefficient (Wildman–Crippen LogP) is 3.34. The molecule has 0 fully saturated rings. The standard InChI is InChI=1S/C12H11N2OS/c1-8-2-5-12(16-8)9-3-4-10-7-14(15)13-11(10)6-9/h2-6H,7H2,1H3,(H,13,15)/q+1. The first kappa shape index (κ1) is 9.54. The fourth-order valence-electron chi connectivity index (χ4n) is 1.89. The summed E-state index contributed by atoms with van der Waals surface area (Å²) in [5, 5.41) is 0. The monoisotopic (exact) mass is 231 g/mol. The molecule has 0 radical (unpaired) electrons. The number of nitroso groups, excluding NO2 is 1. The lowest BCUT2D eigenvalue weighted by Gasteiger charge is -1.98. The van der Waals surface area contributed by atoms with E-state index in [1.807, 2.05) is 12.1 Å². The van der Waals surface area contributed by atoms with E-state index in [1.54, 1.807) is 11.3 Å². The second-order valence-corrected chi connectivity index (χ2v) is 5.22. The number of hydrogen-bond donors (Lipinski definition) is 1. The van der Waals surface area contributed by atoms with Gasteiger partial charge in [0.15, 0.2) is 0 Å². The average Bonchev–Trinajstić information content (AvgIpc) is 2.81. The van der Waals surface area contributed by atoms with Crippen LogP contribution in [-0.4, -0.2) is 4.87 Å². The number of rotatable bonds is 1. The number of nitrogens with zero attached hydrogens (tertiary/aromatic N) is 1. The third kappa shape index (κ3) is 1.51. The number of aryl methyl sites for hydroxylation is 1. The topological polar surface area (TPSA) is 32.1 Å². The Morgan fingerprint density at radius 3 is 2.94 bits per heavy atom. The molecule has 16 heavy (non-hydrogen) atoms. The minimum absolute atomic E-state index is 0.430. The van der Waals surface area contributed by atoms with Crippen LogP contribution in [0.25, 0.3) is 10.4 Å². The van der Waals surface area contributed by atoms with Gasteiger partial charge in [-0.25, -0.2) is 0 Å². The van der Waals surface area contributed by atoms with E-state index in [4.69, 9.17) is 0 Å². The highest BCUT2D eigenvalue weighted by atomic mass is 32.1. The highest BCUT2D eigenvalue weighted by molar-refractivity contribution is 7.15. The van der Waals surface area contributed by atoms with Crippen LogP contribution < -0.4 is 5.43 Å². The van der Waals surface area contributed by atoms with Crippen molar-refractivity contribution in [1.29, 1.82) is 0 Å². The summed E-state index contributed by atoms with van der Waals surface area (Å²) in [6.07, 6.45) is 0. The normalized spacial score (nSPS) is 13.7. The van der Waals surface area contributed by atoms with E-state index in [9.17, 15) is 4.91 Å². The van der Waals surface area contributed by atoms with Gasteiger partial charge in [-0.05, 0) is 36.8 Å². The molecule has 4 heteroatoms. The molecule has 1 aliphatic rings. The van der Waals surface area contributed by atoms with Crippen molar-refractivity contribution in [1.82, 2.24) is 0 Å². The molecule has 0 saturated carbocycles. The second kappa shape index (κ2) is 3.42. The van der Waals surface area contributed by atoms with E-state index in [0.29, 0.717) is 6.54 Å². The van der Waals surface area contributed by atoms with E-state index in [0.717, 1.165) is 16.1 Å². The molecule has 0 amide bonds. The smallest absolute Gasteiger partial charge is 0.141 e. The number of hydrazine groups is 1. The van der Waals surface area contributed by atoms with Gasteiger partial charge >= 0.3 is 0 Å². The minimum Gasteiger partial charge on any atom is -0.141 e. The number of nitrogens with one attached hydrogen (secondary N) is 1. The fraction of sp³-hybridized carbons (Fsp3) is 0.167. The summed E-state index contributed by atoms with van der Waals surface area (Å²) < 4.78 is 0. The van der Waals surface area contributed by atoms with Crippen LogP contribution in [0.2, 0.25) is 0 Å². The molecule has 0 atom stereocenters. The van der Waals surface area contributed by atoms with Crippen LogP contribution in [0.15, 0.2) is 30.3 Å². The third-order valence-electron chi connectivity index (χ3n) is 2.69. The first-order chi connectivity index (χ1) is 7.72. The molecule has 3 rings (SSSR count). The quantitative estimate of drug-likeness (QED) is 0.763. The Morgan fingerprint density at radius 1 is 1.31 bits per heavy atom. The van der Waals surface area contributed by atoms with Crippen LogP contribution in [0.1, 0.15) is 10.4 Å². The Morgan fingerprint density at radius 2 is 2.19 bits per heavy atom. The van der Waals surface area contributed by atoms with Crippen LogP contribution in [0.5, 0.6) is 0 Å². The van der Waals surface area contributed by atoms with Gasteiger partial charge < -0.3 is 0 Å². The van der Waals surface area contributed by atoms with Crippen molar-refractivity contribution in [2.24, 2.45) is 0 Å². The summed E-state index contributed by atoms with van der Waals surface area (Å²) in [5.74, 6) is 0. The molecule has 0 bridgehead atoms. The second-order valence-electron chi connectivity index (χ2n) is 3.93. The summed E-state index contributed by atoms with van der Waals surface area (Å²) >= 11 is 1.77. The molecule has 2 aromatic rings. The number of thiophene rings is 1. The van der Waals surface area contributed by atoms with Gasteiger partial charge in [0.1, 0.15) is 10.6 Å². The molecule has 1 aromatic heterocycles. The summed E-state index contributed by atoms with van der Waals surface area (Å²) in [5.41, 5.74) is 5.95. The maximum Gasteiger partial charge on any atom is 0.252 e. The van der Waals surface area contributed by atoms with Crippen molar-refractivity contribution in [3.05, 3.63) is 45.7 Å². The van der Waals surface area contributed by atoms with Gasteiger partial charge in [-0.15, -0.1) is 16.8 Å². The lowest BCUT2D eigenvalue weighted by atomic mass is 10.1. The molecule has 1 aromatic carbocycles. The molecular weight excluding hydrogens is 220 g/mol. The van der Waals surface area contributed by atoms with Crippen molar-refractivity contribution >= 4 is 17.0 Å². The van der Waals surface area contributed by atoms with Crippen LogP contribution in [0, 0.1) is 11.8 Å². The maximum atomic E-state index is 11.2. The number of anilines is 1. The van der Waals surface area contributed by atoms with Crippen molar-refractivity contribution < 1.29 is 4.87 Å². The minimum atomic E-state index is 0.430. The Bertz CT molecular complexity index is 574. The molecule has 80 valence electrons. The Balaban J connectivity index is 2.05. The summed E-state index contributed by atoms with van der Waals surface area (Å²) in [7, 11) is 0. The highest BCUT2D eigenvalue weighted by Crippen LogP contribution is 2.32. The van der Waals surface area contributed by atoms with E-state index in [1.165, 1.54) is 15.3 Å². The largest absolute Gasteiger partial charge is 0.252 e. The zero-order valence-electron chi connectivity index (χ0n) is 8.86. The maximum absolute atomic E-state index is 11.2. The van der Waals surface area contributed by atoms with Crippen LogP contribution in [0.4, 0.5) is 5.69 Å². The van der Waals surface area contributed by atoms with Crippen LogP contribution in [-0.2, 0) is 6.54 Å². The lowest BCUT2D eigenvalue weighted by Crippen LogP contribution is -2.05. The Labute approximate surface area is 97.3 Å². The number of benzene rings is 1. The average molecular weight is 231 g/mol. The molecular formula is C12H11N2OS+. The van der Waals surface area contributed by atoms with Gasteiger partial charge in [-0.2, -0.15) is 0 Å². The SMILES string of the molecule is Cc1ccc(-c2ccc3c(c2)N[N+](=O)C3)s1. The lowest BCUT2D eigenvalue weighted by molar-refractivity contribution is -0.525. The molecule has 0 aliphatic carbocycles.